The Morgan fingerprint density at radius 3 is 2.89 bits per heavy atom. The van der Waals surface area contributed by atoms with Crippen LogP contribution >= 0.6 is 12.4 Å². The molecular formula is C14H23ClN2O2. The van der Waals surface area contributed by atoms with E-state index in [0.29, 0.717) is 13.2 Å². The van der Waals surface area contributed by atoms with Gasteiger partial charge in [-0.2, -0.15) is 0 Å². The molecule has 5 heteroatoms. The van der Waals surface area contributed by atoms with Crippen molar-refractivity contribution >= 4 is 18.1 Å². The number of ether oxygens (including phenoxy) is 2. The number of para-hydroxylation sites is 1. The predicted molar refractivity (Wildman–Crippen MR) is 80.3 cm³/mol. The van der Waals surface area contributed by atoms with Crippen LogP contribution in [0.4, 0.5) is 5.69 Å². The fourth-order valence-electron chi connectivity index (χ4n) is 2.18. The van der Waals surface area contributed by atoms with Gasteiger partial charge in [0.2, 0.25) is 0 Å². The molecule has 0 unspecified atom stereocenters. The van der Waals surface area contributed by atoms with Crippen molar-refractivity contribution in [2.24, 2.45) is 0 Å². The Balaban J connectivity index is 0.00000180. The van der Waals surface area contributed by atoms with E-state index < -0.39 is 0 Å². The van der Waals surface area contributed by atoms with Gasteiger partial charge in [0, 0.05) is 39.0 Å². The maximum Gasteiger partial charge on any atom is 0.0701 e. The van der Waals surface area contributed by atoms with E-state index in [1.54, 1.807) is 7.11 Å². The van der Waals surface area contributed by atoms with Crippen LogP contribution in [-0.2, 0) is 16.0 Å². The lowest BCUT2D eigenvalue weighted by molar-refractivity contribution is 0.0741. The van der Waals surface area contributed by atoms with Gasteiger partial charge in [-0.25, -0.2) is 0 Å². The summed E-state index contributed by atoms with van der Waals surface area (Å²) in [5.74, 6) is 0. The van der Waals surface area contributed by atoms with Crippen molar-refractivity contribution in [3.63, 3.8) is 0 Å². The number of rotatable bonds is 6. The van der Waals surface area contributed by atoms with Crippen LogP contribution in [0.3, 0.4) is 0 Å². The summed E-state index contributed by atoms with van der Waals surface area (Å²) in [6.45, 7) is 6.02. The van der Waals surface area contributed by atoms with Gasteiger partial charge in [-0.15, -0.1) is 12.4 Å². The van der Waals surface area contributed by atoms with Crippen molar-refractivity contribution in [2.75, 3.05) is 51.5 Å². The molecule has 0 aromatic heterocycles. The van der Waals surface area contributed by atoms with Crippen LogP contribution in [0.15, 0.2) is 24.3 Å². The number of hydrogen-bond donors (Lipinski definition) is 1. The maximum atomic E-state index is 5.55. The summed E-state index contributed by atoms with van der Waals surface area (Å²) in [6.07, 6.45) is 0. The molecule has 1 aliphatic heterocycles. The largest absolute Gasteiger partial charge is 0.382 e. The van der Waals surface area contributed by atoms with Gasteiger partial charge in [0.15, 0.2) is 0 Å². The highest BCUT2D eigenvalue weighted by molar-refractivity contribution is 5.85. The Hall–Kier alpha value is -0.810. The molecule has 0 fully saturated rings. The number of methoxy groups -OCH3 is 1. The van der Waals surface area contributed by atoms with E-state index in [2.05, 4.69) is 34.5 Å². The van der Waals surface area contributed by atoms with Gasteiger partial charge in [-0.3, -0.25) is 0 Å². The van der Waals surface area contributed by atoms with Crippen LogP contribution in [0.2, 0.25) is 0 Å². The summed E-state index contributed by atoms with van der Waals surface area (Å²) in [4.78, 5) is 2.39. The Bertz CT molecular complexity index is 363. The third-order valence-corrected chi connectivity index (χ3v) is 3.14. The number of nitrogens with zero attached hydrogens (tertiary/aromatic N) is 1. The van der Waals surface area contributed by atoms with Gasteiger partial charge in [0.05, 0.1) is 19.8 Å². The molecule has 1 aromatic carbocycles. The summed E-state index contributed by atoms with van der Waals surface area (Å²) in [7, 11) is 1.69. The summed E-state index contributed by atoms with van der Waals surface area (Å²) >= 11 is 0. The molecule has 0 amide bonds. The second-order valence-electron chi connectivity index (χ2n) is 4.40. The predicted octanol–water partition coefficient (Wildman–Crippen LogP) is 1.68. The minimum absolute atomic E-state index is 0. The van der Waals surface area contributed by atoms with Gasteiger partial charge in [0.25, 0.3) is 0 Å². The molecule has 0 saturated carbocycles. The van der Waals surface area contributed by atoms with Crippen LogP contribution in [-0.4, -0.2) is 46.6 Å². The van der Waals surface area contributed by atoms with Crippen molar-refractivity contribution in [3.8, 4) is 0 Å². The average Bonchev–Trinajstić information content (AvgIpc) is 2.61. The molecule has 0 atom stereocenters. The van der Waals surface area contributed by atoms with Crippen LogP contribution in [0.25, 0.3) is 0 Å². The molecular weight excluding hydrogens is 264 g/mol. The van der Waals surface area contributed by atoms with Crippen molar-refractivity contribution in [2.45, 2.75) is 6.54 Å². The van der Waals surface area contributed by atoms with Crippen LogP contribution in [0, 0.1) is 0 Å². The molecule has 1 aromatic rings. The van der Waals surface area contributed by atoms with Crippen molar-refractivity contribution in [3.05, 3.63) is 29.8 Å². The van der Waals surface area contributed by atoms with E-state index in [0.717, 1.165) is 32.8 Å². The molecule has 4 nitrogen and oxygen atoms in total. The van der Waals surface area contributed by atoms with Crippen molar-refractivity contribution in [1.29, 1.82) is 0 Å². The minimum atomic E-state index is 0. The molecule has 108 valence electrons. The summed E-state index contributed by atoms with van der Waals surface area (Å²) in [5, 5.41) is 3.44. The van der Waals surface area contributed by atoms with E-state index >= 15 is 0 Å². The average molecular weight is 287 g/mol. The zero-order valence-electron chi connectivity index (χ0n) is 11.4. The first-order valence-corrected chi connectivity index (χ1v) is 6.52. The fraction of sp³-hybridized carbons (Fsp3) is 0.571. The third kappa shape index (κ3) is 4.99. The standard InChI is InChI=1S/C14H22N2O2.ClH/c1-17-10-11-18-9-8-16-7-6-15-12-13-4-2-3-5-14(13)16;/h2-5,15H,6-12H2,1H3;1H. The maximum absolute atomic E-state index is 5.55. The van der Waals surface area contributed by atoms with Crippen LogP contribution < -0.4 is 10.2 Å². The molecule has 0 radical (unpaired) electrons. The first-order chi connectivity index (χ1) is 8.92. The lowest BCUT2D eigenvalue weighted by Gasteiger charge is -2.24. The van der Waals surface area contributed by atoms with Gasteiger partial charge >= 0.3 is 0 Å². The third-order valence-electron chi connectivity index (χ3n) is 3.14. The van der Waals surface area contributed by atoms with E-state index in [1.165, 1.54) is 11.3 Å². The van der Waals surface area contributed by atoms with Gasteiger partial charge < -0.3 is 19.7 Å². The fourth-order valence-corrected chi connectivity index (χ4v) is 2.18. The normalized spacial score (nSPS) is 14.5. The highest BCUT2D eigenvalue weighted by Crippen LogP contribution is 2.21. The lowest BCUT2D eigenvalue weighted by atomic mass is 10.1. The Morgan fingerprint density at radius 2 is 2.05 bits per heavy atom. The Kier molecular flexibility index (Phi) is 7.82. The van der Waals surface area contributed by atoms with Gasteiger partial charge in [-0.1, -0.05) is 18.2 Å². The van der Waals surface area contributed by atoms with E-state index in [-0.39, 0.29) is 12.4 Å². The first-order valence-electron chi connectivity index (χ1n) is 6.52. The van der Waals surface area contributed by atoms with E-state index in [9.17, 15) is 0 Å². The lowest BCUT2D eigenvalue weighted by Crippen LogP contribution is -2.32. The number of fused-ring (bicyclic) bond motifs is 1. The smallest absolute Gasteiger partial charge is 0.0701 e. The minimum Gasteiger partial charge on any atom is -0.382 e. The second-order valence-corrected chi connectivity index (χ2v) is 4.40. The Labute approximate surface area is 121 Å². The topological polar surface area (TPSA) is 33.7 Å². The quantitative estimate of drug-likeness (QED) is 0.807. The van der Waals surface area contributed by atoms with Crippen LogP contribution in [0.1, 0.15) is 5.56 Å². The zero-order valence-corrected chi connectivity index (χ0v) is 12.2. The monoisotopic (exact) mass is 286 g/mol. The van der Waals surface area contributed by atoms with E-state index in [1.807, 2.05) is 0 Å². The molecule has 1 aliphatic rings. The molecule has 0 saturated heterocycles. The summed E-state index contributed by atoms with van der Waals surface area (Å²) < 4.78 is 10.5. The summed E-state index contributed by atoms with van der Waals surface area (Å²) in [6, 6.07) is 8.58. The number of hydrogen-bond acceptors (Lipinski definition) is 4. The molecule has 0 aliphatic carbocycles. The molecule has 0 spiro atoms. The number of benzene rings is 1. The van der Waals surface area contributed by atoms with Gasteiger partial charge in [0.1, 0.15) is 0 Å². The van der Waals surface area contributed by atoms with Crippen molar-refractivity contribution in [1.82, 2.24) is 5.32 Å². The second kappa shape index (κ2) is 9.15. The highest BCUT2D eigenvalue weighted by Gasteiger charge is 2.13. The number of halogens is 1. The van der Waals surface area contributed by atoms with E-state index in [4.69, 9.17) is 9.47 Å². The van der Waals surface area contributed by atoms with Crippen LogP contribution in [0.5, 0.6) is 0 Å². The molecule has 0 bridgehead atoms. The first kappa shape index (κ1) is 16.2. The van der Waals surface area contributed by atoms with Gasteiger partial charge in [-0.05, 0) is 11.6 Å². The number of nitrogens with one attached hydrogen (secondary N) is 1. The molecule has 1 heterocycles. The summed E-state index contributed by atoms with van der Waals surface area (Å²) in [5.41, 5.74) is 2.70. The number of anilines is 1. The Morgan fingerprint density at radius 1 is 1.21 bits per heavy atom. The zero-order chi connectivity index (χ0) is 12.6. The highest BCUT2D eigenvalue weighted by atomic mass is 35.5. The van der Waals surface area contributed by atoms with Crippen molar-refractivity contribution < 1.29 is 9.47 Å². The molecule has 2 rings (SSSR count). The molecule has 1 N–H and O–H groups in total. The SMILES string of the molecule is COCCOCCN1CCNCc2ccccc21.Cl. The molecule has 19 heavy (non-hydrogen) atoms.